The normalized spacial score (nSPS) is 19.9. The van der Waals surface area contributed by atoms with E-state index in [0.29, 0.717) is 18.7 Å². The molecule has 0 aliphatic carbocycles. The molecule has 1 aliphatic heterocycles. The van der Waals surface area contributed by atoms with Crippen molar-refractivity contribution in [1.82, 2.24) is 4.90 Å². The Morgan fingerprint density at radius 2 is 1.49 bits per heavy atom. The van der Waals surface area contributed by atoms with Crippen molar-refractivity contribution in [1.29, 1.82) is 0 Å². The van der Waals surface area contributed by atoms with Gasteiger partial charge in [-0.25, -0.2) is 9.69 Å². The predicted octanol–water partition coefficient (Wildman–Crippen LogP) is 3.87. The van der Waals surface area contributed by atoms with E-state index in [1.54, 1.807) is 36.4 Å². The first-order valence-corrected chi connectivity index (χ1v) is 11.6. The maximum Gasteiger partial charge on any atom is 0.342 e. The third-order valence-corrected chi connectivity index (χ3v) is 5.94. The molecule has 7 nitrogen and oxygen atoms in total. The van der Waals surface area contributed by atoms with Crippen molar-refractivity contribution < 1.29 is 23.8 Å². The second-order valence-corrected chi connectivity index (χ2v) is 8.70. The van der Waals surface area contributed by atoms with Gasteiger partial charge in [0.1, 0.15) is 17.9 Å². The first-order valence-electron chi connectivity index (χ1n) is 11.6. The minimum Gasteiger partial charge on any atom is -0.458 e. The van der Waals surface area contributed by atoms with Gasteiger partial charge in [-0.3, -0.25) is 4.79 Å². The van der Waals surface area contributed by atoms with E-state index in [4.69, 9.17) is 19.9 Å². The van der Waals surface area contributed by atoms with Crippen LogP contribution in [0.1, 0.15) is 35.3 Å². The molecule has 7 heteroatoms. The van der Waals surface area contributed by atoms with Gasteiger partial charge < -0.3 is 19.9 Å². The average Bonchev–Trinajstić information content (AvgIpc) is 2.86. The number of para-hydroxylation sites is 1. The van der Waals surface area contributed by atoms with Crippen molar-refractivity contribution in [2.24, 2.45) is 5.73 Å². The molecular formula is C28H30N2O5. The minimum absolute atomic E-state index is 0.117. The summed E-state index contributed by atoms with van der Waals surface area (Å²) in [4.78, 5) is 28.2. The first-order chi connectivity index (χ1) is 16.9. The molecule has 3 aromatic rings. The maximum atomic E-state index is 13.2. The quantitative estimate of drug-likeness (QED) is 0.499. The van der Waals surface area contributed by atoms with Gasteiger partial charge in [-0.1, -0.05) is 72.8 Å². The number of ether oxygens (including phenoxy) is 3. The number of esters is 1. The zero-order valence-corrected chi connectivity index (χ0v) is 19.9. The molecule has 35 heavy (non-hydrogen) atoms. The molecule has 1 fully saturated rings. The van der Waals surface area contributed by atoms with Crippen LogP contribution in [0.25, 0.3) is 0 Å². The molecule has 0 spiro atoms. The highest BCUT2D eigenvalue weighted by molar-refractivity contribution is 5.93. The Kier molecular flexibility index (Phi) is 7.48. The average molecular weight is 475 g/mol. The maximum absolute atomic E-state index is 13.2. The predicted molar refractivity (Wildman–Crippen MR) is 132 cm³/mol. The van der Waals surface area contributed by atoms with Gasteiger partial charge in [0.25, 0.3) is 11.6 Å². The molecule has 1 heterocycles. The molecule has 0 bridgehead atoms. The molecule has 1 aliphatic rings. The zero-order chi connectivity index (χ0) is 24.8. The topological polar surface area (TPSA) is 91.1 Å². The van der Waals surface area contributed by atoms with Crippen LogP contribution in [-0.2, 0) is 26.6 Å². The van der Waals surface area contributed by atoms with E-state index in [2.05, 4.69) is 0 Å². The Bertz CT molecular complexity index is 1140. The van der Waals surface area contributed by atoms with Crippen molar-refractivity contribution in [2.75, 3.05) is 13.1 Å². The van der Waals surface area contributed by atoms with Gasteiger partial charge in [0.15, 0.2) is 0 Å². The summed E-state index contributed by atoms with van der Waals surface area (Å²) in [6.45, 7) is 4.83. The SMILES string of the molecule is CC1CN(C(Oc2ccccc2C(=O)OCc2ccccc2)(C(N)=O)c2ccccc2)CC(C)O1. The molecule has 1 amide bonds. The van der Waals surface area contributed by atoms with Crippen molar-refractivity contribution in [3.8, 4) is 5.75 Å². The number of carbonyl (C=O) groups excluding carboxylic acids is 2. The highest BCUT2D eigenvalue weighted by Gasteiger charge is 2.50. The largest absolute Gasteiger partial charge is 0.458 e. The van der Waals surface area contributed by atoms with Crippen molar-refractivity contribution in [3.05, 3.63) is 102 Å². The number of hydrogen-bond donors (Lipinski definition) is 1. The second kappa shape index (κ2) is 10.7. The smallest absolute Gasteiger partial charge is 0.342 e. The lowest BCUT2D eigenvalue weighted by molar-refractivity contribution is -0.180. The zero-order valence-electron chi connectivity index (χ0n) is 19.9. The molecule has 182 valence electrons. The lowest BCUT2D eigenvalue weighted by Crippen LogP contribution is -2.64. The van der Waals surface area contributed by atoms with E-state index >= 15 is 0 Å². The summed E-state index contributed by atoms with van der Waals surface area (Å²) in [5.74, 6) is -1.03. The molecule has 0 aromatic heterocycles. The summed E-state index contributed by atoms with van der Waals surface area (Å²) in [7, 11) is 0. The third-order valence-electron chi connectivity index (χ3n) is 5.94. The minimum atomic E-state index is -1.65. The van der Waals surface area contributed by atoms with Crippen LogP contribution >= 0.6 is 0 Å². The van der Waals surface area contributed by atoms with Gasteiger partial charge in [0.2, 0.25) is 0 Å². The molecule has 4 rings (SSSR count). The first kappa shape index (κ1) is 24.4. The fourth-order valence-electron chi connectivity index (χ4n) is 4.44. The van der Waals surface area contributed by atoms with E-state index in [9.17, 15) is 9.59 Å². The van der Waals surface area contributed by atoms with E-state index < -0.39 is 17.6 Å². The van der Waals surface area contributed by atoms with Crippen LogP contribution in [-0.4, -0.2) is 42.1 Å². The number of nitrogens with zero attached hydrogens (tertiary/aromatic N) is 1. The van der Waals surface area contributed by atoms with Gasteiger partial charge in [0, 0.05) is 18.7 Å². The van der Waals surface area contributed by atoms with Crippen LogP contribution in [0.2, 0.25) is 0 Å². The molecule has 0 saturated carbocycles. The Labute approximate surface area is 205 Å². The van der Waals surface area contributed by atoms with Gasteiger partial charge in [0.05, 0.1) is 12.2 Å². The number of morpholine rings is 1. The monoisotopic (exact) mass is 474 g/mol. The molecule has 1 saturated heterocycles. The number of primary amides is 1. The van der Waals surface area contributed by atoms with Gasteiger partial charge in [-0.05, 0) is 31.5 Å². The molecule has 3 atom stereocenters. The standard InChI is InChI=1S/C28H30N2O5/c1-20-17-30(18-21(2)34-20)28(27(29)32,23-13-7-4-8-14-23)35-25-16-10-9-15-24(25)26(31)33-19-22-11-5-3-6-12-22/h3-16,20-21H,17-19H2,1-2H3,(H2,29,32). The van der Waals surface area contributed by atoms with Gasteiger partial charge in [-0.15, -0.1) is 0 Å². The van der Waals surface area contributed by atoms with Crippen LogP contribution in [0.3, 0.4) is 0 Å². The van der Waals surface area contributed by atoms with Crippen LogP contribution in [0.4, 0.5) is 0 Å². The summed E-state index contributed by atoms with van der Waals surface area (Å²) in [6.07, 6.45) is -0.285. The highest BCUT2D eigenvalue weighted by atomic mass is 16.5. The number of carbonyl (C=O) groups is 2. The molecule has 3 unspecified atom stereocenters. The molecule has 3 aromatic carbocycles. The summed E-state index contributed by atoms with van der Waals surface area (Å²) >= 11 is 0. The number of hydrogen-bond acceptors (Lipinski definition) is 6. The second-order valence-electron chi connectivity index (χ2n) is 8.70. The fraction of sp³-hybridized carbons (Fsp3) is 0.286. The number of nitrogens with two attached hydrogens (primary N) is 1. The Morgan fingerprint density at radius 3 is 2.11 bits per heavy atom. The van der Waals surface area contributed by atoms with E-state index in [0.717, 1.165) is 5.56 Å². The Morgan fingerprint density at radius 1 is 0.914 bits per heavy atom. The van der Waals surface area contributed by atoms with E-state index in [1.807, 2.05) is 67.3 Å². The summed E-state index contributed by atoms with van der Waals surface area (Å²) in [5.41, 5.74) is 6.07. The summed E-state index contributed by atoms with van der Waals surface area (Å²) in [6, 6.07) is 25.2. The van der Waals surface area contributed by atoms with E-state index in [1.165, 1.54) is 0 Å². The van der Waals surface area contributed by atoms with Crippen LogP contribution in [0, 0.1) is 0 Å². The Balaban J connectivity index is 1.71. The third kappa shape index (κ3) is 5.37. The van der Waals surface area contributed by atoms with E-state index in [-0.39, 0.29) is 30.1 Å². The lowest BCUT2D eigenvalue weighted by atomic mass is 9.97. The van der Waals surface area contributed by atoms with Crippen LogP contribution in [0.5, 0.6) is 5.75 Å². The summed E-state index contributed by atoms with van der Waals surface area (Å²) in [5, 5.41) is 0. The van der Waals surface area contributed by atoms with Gasteiger partial charge >= 0.3 is 5.97 Å². The van der Waals surface area contributed by atoms with Crippen molar-refractivity contribution in [3.63, 3.8) is 0 Å². The molecule has 2 N–H and O–H groups in total. The van der Waals surface area contributed by atoms with Crippen molar-refractivity contribution >= 4 is 11.9 Å². The molecule has 0 radical (unpaired) electrons. The molecular weight excluding hydrogens is 444 g/mol. The summed E-state index contributed by atoms with van der Waals surface area (Å²) < 4.78 is 17.9. The number of amides is 1. The van der Waals surface area contributed by atoms with Crippen LogP contribution in [0.15, 0.2) is 84.9 Å². The highest BCUT2D eigenvalue weighted by Crippen LogP contribution is 2.36. The Hall–Kier alpha value is -3.68. The van der Waals surface area contributed by atoms with Gasteiger partial charge in [-0.2, -0.15) is 0 Å². The van der Waals surface area contributed by atoms with Crippen LogP contribution < -0.4 is 10.5 Å². The number of rotatable bonds is 8. The lowest BCUT2D eigenvalue weighted by Gasteiger charge is -2.46. The van der Waals surface area contributed by atoms with Crippen molar-refractivity contribution in [2.45, 2.75) is 38.4 Å². The fourth-order valence-corrected chi connectivity index (χ4v) is 4.44. The number of benzene rings is 3.